The molecule has 0 heteroatoms. The molecule has 1 aliphatic rings. The van der Waals surface area contributed by atoms with Crippen LogP contribution in [0.3, 0.4) is 0 Å². The first kappa shape index (κ1) is 13.1. The molecule has 0 aliphatic heterocycles. The van der Waals surface area contributed by atoms with Crippen LogP contribution in [0.2, 0.25) is 0 Å². The van der Waals surface area contributed by atoms with E-state index in [-0.39, 0.29) is 0 Å². The van der Waals surface area contributed by atoms with Gasteiger partial charge in [0.1, 0.15) is 0 Å². The first-order valence-electron chi connectivity index (χ1n) is 7.02. The fraction of sp³-hybridized carbons (Fsp3) is 1.00. The molecule has 0 bridgehead atoms. The Labute approximate surface area is 96.8 Å². The van der Waals surface area contributed by atoms with Gasteiger partial charge in [-0.2, -0.15) is 0 Å². The van der Waals surface area contributed by atoms with E-state index in [9.17, 15) is 0 Å². The molecule has 0 spiro atoms. The van der Waals surface area contributed by atoms with Crippen molar-refractivity contribution in [3.8, 4) is 0 Å². The fourth-order valence-electron chi connectivity index (χ4n) is 3.49. The summed E-state index contributed by atoms with van der Waals surface area (Å²) in [6.07, 6.45) is 8.62. The van der Waals surface area contributed by atoms with Crippen molar-refractivity contribution in [1.29, 1.82) is 0 Å². The highest BCUT2D eigenvalue weighted by Gasteiger charge is 2.39. The summed E-state index contributed by atoms with van der Waals surface area (Å²) in [5.74, 6) is 2.87. The molecule has 1 saturated carbocycles. The van der Waals surface area contributed by atoms with E-state index in [4.69, 9.17) is 0 Å². The summed E-state index contributed by atoms with van der Waals surface area (Å²) in [7, 11) is 0. The van der Waals surface area contributed by atoms with Gasteiger partial charge in [-0.05, 0) is 42.4 Å². The second-order valence-electron chi connectivity index (χ2n) is 6.30. The Kier molecular flexibility index (Phi) is 4.67. The van der Waals surface area contributed by atoms with E-state index >= 15 is 0 Å². The molecule has 1 rings (SSSR count). The predicted octanol–water partition coefficient (Wildman–Crippen LogP) is 5.28. The van der Waals surface area contributed by atoms with Gasteiger partial charge in [-0.1, -0.05) is 53.9 Å². The minimum Gasteiger partial charge on any atom is -0.0651 e. The number of hydrogen-bond donors (Lipinski definition) is 0. The van der Waals surface area contributed by atoms with Crippen LogP contribution in [0.15, 0.2) is 0 Å². The largest absolute Gasteiger partial charge is 0.0651 e. The highest BCUT2D eigenvalue weighted by Crippen LogP contribution is 2.48. The summed E-state index contributed by atoms with van der Waals surface area (Å²) in [5.41, 5.74) is 0.594. The Morgan fingerprint density at radius 2 is 1.73 bits per heavy atom. The van der Waals surface area contributed by atoms with Gasteiger partial charge in [0, 0.05) is 0 Å². The maximum atomic E-state index is 2.52. The second-order valence-corrected chi connectivity index (χ2v) is 6.30. The lowest BCUT2D eigenvalue weighted by atomic mass is 9.59. The monoisotopic (exact) mass is 210 g/mol. The Morgan fingerprint density at radius 1 is 1.13 bits per heavy atom. The van der Waals surface area contributed by atoms with E-state index in [0.29, 0.717) is 5.41 Å². The topological polar surface area (TPSA) is 0 Å². The van der Waals surface area contributed by atoms with Crippen molar-refractivity contribution in [2.45, 2.75) is 73.1 Å². The van der Waals surface area contributed by atoms with E-state index in [1.54, 1.807) is 0 Å². The maximum Gasteiger partial charge on any atom is -0.0298 e. The maximum absolute atomic E-state index is 2.52. The van der Waals surface area contributed by atoms with Crippen molar-refractivity contribution < 1.29 is 0 Å². The minimum atomic E-state index is 0.594. The molecule has 3 atom stereocenters. The number of rotatable bonds is 4. The van der Waals surface area contributed by atoms with E-state index in [0.717, 1.165) is 17.8 Å². The molecule has 3 unspecified atom stereocenters. The number of hydrogen-bond acceptors (Lipinski definition) is 0. The third-order valence-corrected chi connectivity index (χ3v) is 5.09. The van der Waals surface area contributed by atoms with Gasteiger partial charge in [0.05, 0.1) is 0 Å². The molecule has 0 amide bonds. The van der Waals surface area contributed by atoms with Crippen LogP contribution < -0.4 is 0 Å². The third kappa shape index (κ3) is 2.98. The average Bonchev–Trinajstić information content (AvgIpc) is 2.20. The van der Waals surface area contributed by atoms with Crippen LogP contribution in [0.5, 0.6) is 0 Å². The lowest BCUT2D eigenvalue weighted by Gasteiger charge is -2.46. The van der Waals surface area contributed by atoms with E-state index in [1.807, 2.05) is 0 Å². The van der Waals surface area contributed by atoms with Crippen molar-refractivity contribution in [3.63, 3.8) is 0 Å². The predicted molar refractivity (Wildman–Crippen MR) is 69.0 cm³/mol. The van der Waals surface area contributed by atoms with Gasteiger partial charge in [0.2, 0.25) is 0 Å². The van der Waals surface area contributed by atoms with Crippen LogP contribution in [0.25, 0.3) is 0 Å². The van der Waals surface area contributed by atoms with Gasteiger partial charge in [-0.15, -0.1) is 0 Å². The van der Waals surface area contributed by atoms with Crippen molar-refractivity contribution in [3.05, 3.63) is 0 Å². The highest BCUT2D eigenvalue weighted by molar-refractivity contribution is 4.89. The molecule has 0 N–H and O–H groups in total. The van der Waals surface area contributed by atoms with Crippen molar-refractivity contribution >= 4 is 0 Å². The smallest absolute Gasteiger partial charge is 0.0298 e. The van der Waals surface area contributed by atoms with Crippen LogP contribution >= 0.6 is 0 Å². The van der Waals surface area contributed by atoms with Gasteiger partial charge in [-0.25, -0.2) is 0 Å². The van der Waals surface area contributed by atoms with Gasteiger partial charge < -0.3 is 0 Å². The molecule has 0 aromatic rings. The summed E-state index contributed by atoms with van der Waals surface area (Å²) in [5, 5.41) is 0. The molecule has 0 nitrogen and oxygen atoms in total. The Balaban J connectivity index is 2.62. The molecular formula is C15H30. The summed E-state index contributed by atoms with van der Waals surface area (Å²) >= 11 is 0. The molecule has 0 saturated heterocycles. The second kappa shape index (κ2) is 5.37. The minimum absolute atomic E-state index is 0.594. The van der Waals surface area contributed by atoms with E-state index in [2.05, 4.69) is 34.6 Å². The fourth-order valence-corrected chi connectivity index (χ4v) is 3.49. The molecule has 0 heterocycles. The van der Waals surface area contributed by atoms with Gasteiger partial charge >= 0.3 is 0 Å². The molecule has 15 heavy (non-hydrogen) atoms. The molecule has 1 fully saturated rings. The van der Waals surface area contributed by atoms with Crippen LogP contribution in [0.1, 0.15) is 73.1 Å². The average molecular weight is 210 g/mol. The Hall–Kier alpha value is 0. The van der Waals surface area contributed by atoms with Crippen molar-refractivity contribution in [2.75, 3.05) is 0 Å². The summed E-state index contributed by atoms with van der Waals surface area (Å²) in [6, 6.07) is 0. The Morgan fingerprint density at radius 3 is 2.27 bits per heavy atom. The lowest BCUT2D eigenvalue weighted by molar-refractivity contribution is 0.0415. The van der Waals surface area contributed by atoms with Crippen molar-refractivity contribution in [2.24, 2.45) is 23.2 Å². The van der Waals surface area contributed by atoms with Gasteiger partial charge in [0.15, 0.2) is 0 Å². The van der Waals surface area contributed by atoms with Crippen LogP contribution in [-0.4, -0.2) is 0 Å². The summed E-state index contributed by atoms with van der Waals surface area (Å²) < 4.78 is 0. The molecule has 0 aromatic heterocycles. The summed E-state index contributed by atoms with van der Waals surface area (Å²) in [4.78, 5) is 0. The normalized spacial score (nSPS) is 32.6. The van der Waals surface area contributed by atoms with Gasteiger partial charge in [0.25, 0.3) is 0 Å². The standard InChI is InChI=1S/C15H30/c1-6-12(3)11-14-10-8-9-13(7-2)15(14,4)5/h12-14H,6-11H2,1-5H3. The highest BCUT2D eigenvalue weighted by atomic mass is 14.4. The molecule has 1 aliphatic carbocycles. The van der Waals surface area contributed by atoms with E-state index in [1.165, 1.54) is 38.5 Å². The van der Waals surface area contributed by atoms with Crippen LogP contribution in [-0.2, 0) is 0 Å². The zero-order valence-electron chi connectivity index (χ0n) is 11.5. The molecule has 0 aromatic carbocycles. The van der Waals surface area contributed by atoms with E-state index < -0.39 is 0 Å². The molecule has 0 radical (unpaired) electrons. The SMILES string of the molecule is CCC(C)CC1CCCC(CC)C1(C)C. The summed E-state index contributed by atoms with van der Waals surface area (Å²) in [6.45, 7) is 12.2. The van der Waals surface area contributed by atoms with Crippen molar-refractivity contribution in [1.82, 2.24) is 0 Å². The lowest BCUT2D eigenvalue weighted by Crippen LogP contribution is -2.37. The van der Waals surface area contributed by atoms with Crippen LogP contribution in [0.4, 0.5) is 0 Å². The quantitative estimate of drug-likeness (QED) is 0.592. The molecular weight excluding hydrogens is 180 g/mol. The zero-order chi connectivity index (χ0) is 11.5. The zero-order valence-corrected chi connectivity index (χ0v) is 11.5. The van der Waals surface area contributed by atoms with Gasteiger partial charge in [-0.3, -0.25) is 0 Å². The first-order valence-corrected chi connectivity index (χ1v) is 7.02. The molecule has 90 valence electrons. The first-order chi connectivity index (χ1) is 7.02. The Bertz CT molecular complexity index is 180. The third-order valence-electron chi connectivity index (χ3n) is 5.09. The van der Waals surface area contributed by atoms with Crippen LogP contribution in [0, 0.1) is 23.2 Å².